The van der Waals surface area contributed by atoms with Gasteiger partial charge in [-0.1, -0.05) is 11.6 Å². The monoisotopic (exact) mass is 259 g/mol. The van der Waals surface area contributed by atoms with Gasteiger partial charge in [0.05, 0.1) is 6.61 Å². The second kappa shape index (κ2) is 5.80. The van der Waals surface area contributed by atoms with Crippen LogP contribution in [0.5, 0.6) is 0 Å². The summed E-state index contributed by atoms with van der Waals surface area (Å²) in [7, 11) is 0. The van der Waals surface area contributed by atoms with Crippen molar-refractivity contribution in [3.05, 3.63) is 34.1 Å². The van der Waals surface area contributed by atoms with E-state index >= 15 is 0 Å². The van der Waals surface area contributed by atoms with Crippen LogP contribution in [0.4, 0.5) is 4.39 Å². The highest BCUT2D eigenvalue weighted by Crippen LogP contribution is 2.20. The summed E-state index contributed by atoms with van der Waals surface area (Å²) in [6, 6.07) is 3.12. The summed E-state index contributed by atoms with van der Waals surface area (Å²) >= 11 is 6.04. The van der Waals surface area contributed by atoms with E-state index in [-0.39, 0.29) is 18.0 Å². The van der Waals surface area contributed by atoms with E-state index in [0.717, 1.165) is 5.56 Å². The normalized spacial score (nSPS) is 11.9. The number of nitrogens with one attached hydrogen (secondary N) is 1. The minimum atomic E-state index is -0.324. The maximum absolute atomic E-state index is 13.4. The van der Waals surface area contributed by atoms with E-state index in [1.165, 1.54) is 6.07 Å². The summed E-state index contributed by atoms with van der Waals surface area (Å²) in [5.41, 5.74) is 1.02. The van der Waals surface area contributed by atoms with Crippen LogP contribution in [-0.2, 0) is 6.42 Å². The fourth-order valence-electron chi connectivity index (χ4n) is 1.47. The molecule has 0 aliphatic heterocycles. The molecule has 1 aromatic rings. The van der Waals surface area contributed by atoms with Gasteiger partial charge in [-0.3, -0.25) is 0 Å². The van der Waals surface area contributed by atoms with Crippen molar-refractivity contribution < 1.29 is 9.50 Å². The molecular weight excluding hydrogens is 241 g/mol. The number of benzene rings is 1. The van der Waals surface area contributed by atoms with Crippen molar-refractivity contribution in [1.82, 2.24) is 5.32 Å². The Kier molecular flexibility index (Phi) is 4.92. The highest BCUT2D eigenvalue weighted by Gasteiger charge is 2.15. The molecule has 17 heavy (non-hydrogen) atoms. The summed E-state index contributed by atoms with van der Waals surface area (Å²) in [5.74, 6) is -0.231. The summed E-state index contributed by atoms with van der Waals surface area (Å²) < 4.78 is 13.4. The lowest BCUT2D eigenvalue weighted by Gasteiger charge is -2.23. The molecule has 4 heteroatoms. The fraction of sp³-hybridized carbons (Fsp3) is 0.538. The molecule has 0 unspecified atom stereocenters. The predicted octanol–water partition coefficient (Wildman–Crippen LogP) is 2.69. The van der Waals surface area contributed by atoms with Gasteiger partial charge >= 0.3 is 0 Å². The van der Waals surface area contributed by atoms with Crippen LogP contribution < -0.4 is 5.32 Å². The number of hydrogen-bond acceptors (Lipinski definition) is 2. The Labute approximate surface area is 107 Å². The number of hydrogen-bond donors (Lipinski definition) is 2. The van der Waals surface area contributed by atoms with Gasteiger partial charge in [-0.05, 0) is 57.0 Å². The molecule has 96 valence electrons. The van der Waals surface area contributed by atoms with Gasteiger partial charge < -0.3 is 10.4 Å². The molecule has 0 aliphatic carbocycles. The standard InChI is InChI=1S/C13H19ClFNO/c1-9-6-11(14)10(7-12(9)15)4-5-16-13(2,3)8-17/h6-7,16-17H,4-5,8H2,1-3H3. The first-order valence-electron chi connectivity index (χ1n) is 5.66. The van der Waals surface area contributed by atoms with E-state index in [0.29, 0.717) is 23.6 Å². The Bertz CT molecular complexity index is 393. The van der Waals surface area contributed by atoms with Crippen molar-refractivity contribution in [3.63, 3.8) is 0 Å². The van der Waals surface area contributed by atoms with Gasteiger partial charge in [-0.2, -0.15) is 0 Å². The van der Waals surface area contributed by atoms with Crippen LogP contribution in [-0.4, -0.2) is 23.8 Å². The molecule has 0 saturated heterocycles. The third kappa shape index (κ3) is 4.26. The van der Waals surface area contributed by atoms with Crippen molar-refractivity contribution in [2.75, 3.05) is 13.2 Å². The minimum Gasteiger partial charge on any atom is -0.394 e. The fourth-order valence-corrected chi connectivity index (χ4v) is 1.78. The Morgan fingerprint density at radius 1 is 1.41 bits per heavy atom. The van der Waals surface area contributed by atoms with Gasteiger partial charge in [0.1, 0.15) is 5.82 Å². The summed E-state index contributed by atoms with van der Waals surface area (Å²) in [4.78, 5) is 0. The molecule has 0 radical (unpaired) electrons. The first-order chi connectivity index (χ1) is 7.85. The van der Waals surface area contributed by atoms with Gasteiger partial charge in [0.25, 0.3) is 0 Å². The number of rotatable bonds is 5. The maximum Gasteiger partial charge on any atom is 0.126 e. The molecular formula is C13H19ClFNO. The third-order valence-corrected chi connectivity index (χ3v) is 3.07. The van der Waals surface area contributed by atoms with E-state index < -0.39 is 0 Å². The van der Waals surface area contributed by atoms with E-state index in [4.69, 9.17) is 16.7 Å². The Morgan fingerprint density at radius 2 is 2.06 bits per heavy atom. The van der Waals surface area contributed by atoms with Gasteiger partial charge in [0.2, 0.25) is 0 Å². The number of aliphatic hydroxyl groups is 1. The Hall–Kier alpha value is -0.640. The van der Waals surface area contributed by atoms with Gasteiger partial charge in [0.15, 0.2) is 0 Å². The van der Waals surface area contributed by atoms with Crippen LogP contribution in [0.3, 0.4) is 0 Å². The van der Waals surface area contributed by atoms with Crippen molar-refractivity contribution in [1.29, 1.82) is 0 Å². The van der Waals surface area contributed by atoms with Crippen molar-refractivity contribution >= 4 is 11.6 Å². The quantitative estimate of drug-likeness (QED) is 0.852. The average Bonchev–Trinajstić information content (AvgIpc) is 2.25. The molecule has 0 atom stereocenters. The molecule has 0 aliphatic rings. The highest BCUT2D eigenvalue weighted by molar-refractivity contribution is 6.31. The molecule has 0 aromatic heterocycles. The van der Waals surface area contributed by atoms with E-state index in [1.54, 1.807) is 13.0 Å². The topological polar surface area (TPSA) is 32.3 Å². The predicted molar refractivity (Wildman–Crippen MR) is 69.0 cm³/mol. The lowest BCUT2D eigenvalue weighted by atomic mass is 10.1. The molecule has 2 N–H and O–H groups in total. The van der Waals surface area contributed by atoms with E-state index in [2.05, 4.69) is 5.32 Å². The van der Waals surface area contributed by atoms with Crippen molar-refractivity contribution in [2.45, 2.75) is 32.7 Å². The third-order valence-electron chi connectivity index (χ3n) is 2.72. The molecule has 2 nitrogen and oxygen atoms in total. The van der Waals surface area contributed by atoms with E-state index in [1.807, 2.05) is 13.8 Å². The zero-order valence-electron chi connectivity index (χ0n) is 10.5. The first kappa shape index (κ1) is 14.4. The SMILES string of the molecule is Cc1cc(Cl)c(CCNC(C)(C)CO)cc1F. The summed E-state index contributed by atoms with van der Waals surface area (Å²) in [6.07, 6.45) is 0.638. The number of aryl methyl sites for hydroxylation is 1. The zero-order chi connectivity index (χ0) is 13.1. The van der Waals surface area contributed by atoms with Crippen LogP contribution >= 0.6 is 11.6 Å². The molecule has 0 spiro atoms. The molecule has 1 aromatic carbocycles. The largest absolute Gasteiger partial charge is 0.394 e. The van der Waals surface area contributed by atoms with Crippen molar-refractivity contribution in [3.8, 4) is 0 Å². The summed E-state index contributed by atoms with van der Waals surface area (Å²) in [6.45, 7) is 6.21. The van der Waals surface area contributed by atoms with Crippen LogP contribution in [0.2, 0.25) is 5.02 Å². The van der Waals surface area contributed by atoms with Crippen LogP contribution in [0.15, 0.2) is 12.1 Å². The lowest BCUT2D eigenvalue weighted by molar-refractivity contribution is 0.189. The van der Waals surface area contributed by atoms with Gasteiger partial charge in [-0.15, -0.1) is 0 Å². The zero-order valence-corrected chi connectivity index (χ0v) is 11.2. The molecule has 0 saturated carbocycles. The smallest absolute Gasteiger partial charge is 0.126 e. The number of halogens is 2. The first-order valence-corrected chi connectivity index (χ1v) is 6.04. The summed E-state index contributed by atoms with van der Waals surface area (Å²) in [5, 5.41) is 12.9. The minimum absolute atomic E-state index is 0.0585. The molecule has 0 heterocycles. The van der Waals surface area contributed by atoms with Crippen molar-refractivity contribution in [2.24, 2.45) is 0 Å². The second-order valence-electron chi connectivity index (χ2n) is 4.91. The Balaban J connectivity index is 2.61. The average molecular weight is 260 g/mol. The lowest BCUT2D eigenvalue weighted by Crippen LogP contribution is -2.43. The van der Waals surface area contributed by atoms with Gasteiger partial charge in [0, 0.05) is 10.6 Å². The molecule has 0 fully saturated rings. The molecule has 0 amide bonds. The van der Waals surface area contributed by atoms with E-state index in [9.17, 15) is 4.39 Å². The van der Waals surface area contributed by atoms with Gasteiger partial charge in [-0.25, -0.2) is 4.39 Å². The second-order valence-corrected chi connectivity index (χ2v) is 5.32. The van der Waals surface area contributed by atoms with Crippen LogP contribution in [0.25, 0.3) is 0 Å². The molecule has 1 rings (SSSR count). The van der Waals surface area contributed by atoms with Crippen LogP contribution in [0, 0.1) is 12.7 Å². The Morgan fingerprint density at radius 3 is 2.65 bits per heavy atom. The maximum atomic E-state index is 13.4. The van der Waals surface area contributed by atoms with Crippen LogP contribution in [0.1, 0.15) is 25.0 Å². The molecule has 0 bridgehead atoms. The number of aliphatic hydroxyl groups excluding tert-OH is 1. The highest BCUT2D eigenvalue weighted by atomic mass is 35.5.